The fraction of sp³-hybridized carbons (Fsp3) is 0.333. The first kappa shape index (κ1) is 18.0. The number of aryl methyl sites for hydroxylation is 1. The van der Waals surface area contributed by atoms with Crippen molar-refractivity contribution < 1.29 is 14.4 Å². The number of para-hydroxylation sites is 1. The third-order valence-corrected chi connectivity index (χ3v) is 1.31. The van der Waals surface area contributed by atoms with Gasteiger partial charge in [0.2, 0.25) is 0 Å². The first-order valence-corrected chi connectivity index (χ1v) is 13.3. The van der Waals surface area contributed by atoms with Gasteiger partial charge in [-0.15, -0.1) is 0 Å². The molecule has 1 rings (SSSR count). The molecule has 3 nitrogen and oxygen atoms in total. The zero-order chi connectivity index (χ0) is 12.3. The monoisotopic (exact) mass is 472 g/mol. The summed E-state index contributed by atoms with van der Waals surface area (Å²) in [4.78, 5) is 9.85. The van der Waals surface area contributed by atoms with Crippen LogP contribution in [0.25, 0.3) is 0 Å². The van der Waals surface area contributed by atoms with Gasteiger partial charge in [-0.1, -0.05) is 32.0 Å². The molecule has 0 aliphatic rings. The number of rotatable bonds is 1. The quantitative estimate of drug-likeness (QED) is 0.338. The number of halogens is 2. The topological polar surface area (TPSA) is 43.1 Å². The van der Waals surface area contributed by atoms with Crippen molar-refractivity contribution >= 4 is 45.6 Å². The second-order valence-electron chi connectivity index (χ2n) is 2.11. The van der Waals surface area contributed by atoms with Crippen LogP contribution in [-0.2, 0) is 9.47 Å². The number of nitrogens with zero attached hydrogens (tertiary/aromatic N) is 1. The van der Waals surface area contributed by atoms with Crippen molar-refractivity contribution in [3.8, 4) is 0 Å². The van der Waals surface area contributed by atoms with Crippen LogP contribution in [0, 0.1) is 17.0 Å². The second-order valence-corrected chi connectivity index (χ2v) is 13.9. The van der Waals surface area contributed by atoms with Crippen LogP contribution in [0.4, 0.5) is 5.69 Å². The Kier molecular flexibility index (Phi) is 15.3. The Morgan fingerprint density at radius 2 is 1.67 bits per heavy atom. The zero-order valence-electron chi connectivity index (χ0n) is 8.78. The van der Waals surface area contributed by atoms with Gasteiger partial charge in [-0.05, 0) is 6.92 Å². The van der Waals surface area contributed by atoms with E-state index in [9.17, 15) is 10.1 Å². The third kappa shape index (κ3) is 9.59. The van der Waals surface area contributed by atoms with Crippen LogP contribution in [0.3, 0.4) is 0 Å². The van der Waals surface area contributed by atoms with E-state index in [2.05, 4.69) is 40.0 Å². The summed E-state index contributed by atoms with van der Waals surface area (Å²) >= 11 is 4.74. The maximum absolute atomic E-state index is 10.2. The van der Waals surface area contributed by atoms with Gasteiger partial charge in [0.15, 0.2) is 0 Å². The van der Waals surface area contributed by atoms with E-state index in [1.54, 1.807) is 25.1 Å². The third-order valence-electron chi connectivity index (χ3n) is 1.31. The Bertz CT molecular complexity index is 285. The molecule has 1 aromatic carbocycles. The van der Waals surface area contributed by atoms with E-state index < -0.39 is 0 Å². The molecule has 0 spiro atoms. The van der Waals surface area contributed by atoms with Crippen molar-refractivity contribution in [2.24, 2.45) is 0 Å². The normalized spacial score (nSPS) is 7.53. The van der Waals surface area contributed by atoms with E-state index in [0.29, 0.717) is 15.0 Å². The first-order chi connectivity index (χ1) is 7.13. The average molecular weight is 472 g/mol. The Balaban J connectivity index is 0. The summed E-state index contributed by atoms with van der Waals surface area (Å²) in [5.41, 5.74) is 0.884. The average Bonchev–Trinajstić information content (AvgIpc) is 2.22. The van der Waals surface area contributed by atoms with Gasteiger partial charge in [0.25, 0.3) is 5.69 Å². The number of nitro groups is 1. The van der Waals surface area contributed by atoms with Crippen LogP contribution in [0.1, 0.15) is 19.4 Å². The summed E-state index contributed by atoms with van der Waals surface area (Å²) in [5.74, 6) is 0. The van der Waals surface area contributed by atoms with E-state index in [1.165, 1.54) is 6.07 Å². The number of nitro benzene ring substituents is 1. The Morgan fingerprint density at radius 3 is 1.93 bits per heavy atom. The molecule has 0 unspecified atom stereocenters. The zero-order valence-corrected chi connectivity index (χ0v) is 14.5. The molecule has 0 aliphatic heterocycles. The van der Waals surface area contributed by atoms with Gasteiger partial charge >= 0.3 is 49.4 Å². The van der Waals surface area contributed by atoms with Crippen LogP contribution in [0.2, 0.25) is 0 Å². The fourth-order valence-electron chi connectivity index (χ4n) is 0.768. The first-order valence-electron chi connectivity index (χ1n) is 4.25. The Hall–Kier alpha value is 0.664. The molecule has 0 aromatic heterocycles. The summed E-state index contributed by atoms with van der Waals surface area (Å²) in [6.45, 7) is 5.72. The summed E-state index contributed by atoms with van der Waals surface area (Å²) in [6, 6.07) is 6.65. The summed E-state index contributed by atoms with van der Waals surface area (Å²) < 4.78 is 0. The molecule has 85 valence electrons. The van der Waals surface area contributed by atoms with Gasteiger partial charge in [0, 0.05) is 11.6 Å². The van der Waals surface area contributed by atoms with E-state index in [1.807, 2.05) is 13.8 Å². The van der Waals surface area contributed by atoms with Crippen LogP contribution in [0.5, 0.6) is 0 Å². The molecule has 0 amide bonds. The summed E-state index contributed by atoms with van der Waals surface area (Å²) in [7, 11) is 0.628. The molecule has 0 saturated carbocycles. The maximum atomic E-state index is 10.2. The number of hydrogen-bond donors (Lipinski definition) is 0. The molecule has 0 bridgehead atoms. The van der Waals surface area contributed by atoms with E-state index in [4.69, 9.17) is 0 Å². The molecular weight excluding hydrogens is 459 g/mol. The molecule has 15 heavy (non-hydrogen) atoms. The molecule has 1 aromatic rings. The molecular formula is C9H13I2NO2V. The van der Waals surface area contributed by atoms with Gasteiger partial charge < -0.3 is 0 Å². The molecule has 0 radical (unpaired) electrons. The second kappa shape index (κ2) is 12.7. The molecule has 0 fully saturated rings. The van der Waals surface area contributed by atoms with Crippen LogP contribution in [0.15, 0.2) is 24.3 Å². The molecule has 6 heteroatoms. The minimum atomic E-state index is -0.380. The molecule has 0 N–H and O–H groups in total. The molecule has 0 saturated heterocycles. The standard InChI is InChI=1S/C7H7NO2.C2H6.2HI.V/c1-6-4-2-3-5-7(6)8(9)10;1-2;;;/h2-5H,1H3;1-2H3;2*1H;/q;;;;+2/p-2. The van der Waals surface area contributed by atoms with Crippen molar-refractivity contribution in [1.29, 1.82) is 0 Å². The van der Waals surface area contributed by atoms with Crippen LogP contribution < -0.4 is 0 Å². The number of hydrogen-bond acceptors (Lipinski definition) is 2. The van der Waals surface area contributed by atoms with Crippen molar-refractivity contribution in [2.75, 3.05) is 0 Å². The summed E-state index contributed by atoms with van der Waals surface area (Å²) in [6.07, 6.45) is 0. The Labute approximate surface area is 119 Å². The predicted molar refractivity (Wildman–Crippen MR) is 77.2 cm³/mol. The van der Waals surface area contributed by atoms with E-state index >= 15 is 0 Å². The van der Waals surface area contributed by atoms with Gasteiger partial charge in [-0.2, -0.15) is 0 Å². The van der Waals surface area contributed by atoms with E-state index in [0.717, 1.165) is 0 Å². The van der Waals surface area contributed by atoms with Crippen LogP contribution in [-0.4, -0.2) is 4.92 Å². The van der Waals surface area contributed by atoms with Crippen molar-refractivity contribution in [1.82, 2.24) is 0 Å². The van der Waals surface area contributed by atoms with Gasteiger partial charge in [-0.25, -0.2) is 0 Å². The van der Waals surface area contributed by atoms with Crippen molar-refractivity contribution in [3.05, 3.63) is 39.9 Å². The molecule has 0 atom stereocenters. The van der Waals surface area contributed by atoms with E-state index in [-0.39, 0.29) is 10.6 Å². The van der Waals surface area contributed by atoms with Crippen molar-refractivity contribution in [2.45, 2.75) is 20.8 Å². The SMILES string of the molecule is CC.Cc1ccccc1[N+](=O)[O-].[I][V][I]. The van der Waals surface area contributed by atoms with Gasteiger partial charge in [-0.3, -0.25) is 10.1 Å². The van der Waals surface area contributed by atoms with Crippen LogP contribution >= 0.6 is 40.0 Å². The van der Waals surface area contributed by atoms with Gasteiger partial charge in [0.05, 0.1) is 4.92 Å². The minimum absolute atomic E-state index is 0.183. The van der Waals surface area contributed by atoms with Crippen molar-refractivity contribution in [3.63, 3.8) is 0 Å². The predicted octanol–water partition coefficient (Wildman–Crippen LogP) is 4.70. The summed E-state index contributed by atoms with van der Waals surface area (Å²) in [5, 5.41) is 10.2. The fourth-order valence-corrected chi connectivity index (χ4v) is 0.768. The number of benzene rings is 1. The molecule has 0 heterocycles. The van der Waals surface area contributed by atoms with Gasteiger partial charge in [0.1, 0.15) is 0 Å². The Morgan fingerprint density at radius 1 is 1.27 bits per heavy atom. The molecule has 0 aliphatic carbocycles.